The molecule has 0 spiro atoms. The van der Waals surface area contributed by atoms with E-state index in [0.717, 1.165) is 5.69 Å². The highest BCUT2D eigenvalue weighted by molar-refractivity contribution is 6.07. The molecule has 0 radical (unpaired) electrons. The molecule has 0 atom stereocenters. The van der Waals surface area contributed by atoms with Crippen molar-refractivity contribution in [3.63, 3.8) is 0 Å². The predicted molar refractivity (Wildman–Crippen MR) is 122 cm³/mol. The molecule has 3 rings (SSSR count). The fourth-order valence-electron chi connectivity index (χ4n) is 3.60. The third-order valence-electron chi connectivity index (χ3n) is 5.20. The average Bonchev–Trinajstić information content (AvgIpc) is 2.78. The molecular weight excluding hydrogens is 410 g/mol. The number of piperazine rings is 1. The highest BCUT2D eigenvalue weighted by atomic mass is 16.5. The number of nitrogens with one attached hydrogen (secondary N) is 1. The van der Waals surface area contributed by atoms with Crippen LogP contribution in [0.3, 0.4) is 0 Å². The second kappa shape index (κ2) is 10.2. The van der Waals surface area contributed by atoms with Gasteiger partial charge < -0.3 is 24.6 Å². The number of anilines is 2. The second-order valence-electron chi connectivity index (χ2n) is 7.87. The summed E-state index contributed by atoms with van der Waals surface area (Å²) in [5.41, 5.74) is 2.07. The molecule has 0 unspecified atom stereocenters. The molecule has 8 heteroatoms. The Morgan fingerprint density at radius 3 is 2.31 bits per heavy atom. The van der Waals surface area contributed by atoms with E-state index in [1.807, 2.05) is 13.8 Å². The van der Waals surface area contributed by atoms with Crippen LogP contribution in [-0.4, -0.2) is 62.1 Å². The van der Waals surface area contributed by atoms with Crippen molar-refractivity contribution >= 4 is 29.2 Å². The quantitative estimate of drug-likeness (QED) is 0.696. The molecule has 1 aliphatic heterocycles. The number of methoxy groups -OCH3 is 1. The third kappa shape index (κ3) is 5.57. The van der Waals surface area contributed by atoms with Gasteiger partial charge in [-0.15, -0.1) is 0 Å². The molecule has 0 aliphatic carbocycles. The summed E-state index contributed by atoms with van der Waals surface area (Å²) in [6, 6.07) is 12.0. The van der Waals surface area contributed by atoms with E-state index < -0.39 is 5.97 Å². The van der Waals surface area contributed by atoms with Gasteiger partial charge in [0.15, 0.2) is 0 Å². The van der Waals surface area contributed by atoms with Gasteiger partial charge in [0.05, 0.1) is 30.2 Å². The highest BCUT2D eigenvalue weighted by Gasteiger charge is 2.22. The first kappa shape index (κ1) is 23.1. The lowest BCUT2D eigenvalue weighted by Gasteiger charge is -2.36. The van der Waals surface area contributed by atoms with Crippen molar-refractivity contribution in [3.05, 3.63) is 53.6 Å². The van der Waals surface area contributed by atoms with Crippen LogP contribution in [0.1, 0.15) is 41.5 Å². The van der Waals surface area contributed by atoms with E-state index in [1.54, 1.807) is 54.3 Å². The van der Waals surface area contributed by atoms with E-state index in [4.69, 9.17) is 9.47 Å². The Kier molecular flexibility index (Phi) is 7.35. The van der Waals surface area contributed by atoms with Crippen LogP contribution in [0.2, 0.25) is 0 Å². The molecule has 1 saturated heterocycles. The Labute approximate surface area is 188 Å². The Morgan fingerprint density at radius 2 is 1.69 bits per heavy atom. The van der Waals surface area contributed by atoms with Gasteiger partial charge in [-0.1, -0.05) is 6.07 Å². The summed E-state index contributed by atoms with van der Waals surface area (Å²) in [4.78, 5) is 40.6. The lowest BCUT2D eigenvalue weighted by molar-refractivity contribution is -0.129. The lowest BCUT2D eigenvalue weighted by atomic mass is 10.1. The minimum absolute atomic E-state index is 0.00896. The SMILES string of the molecule is COC(=O)c1ccc(N2CCN(C(C)=O)CC2)c(NC(=O)c2cccc(OC(C)C)c2)c1. The molecule has 2 aromatic rings. The van der Waals surface area contributed by atoms with Gasteiger partial charge in [0.1, 0.15) is 5.75 Å². The minimum atomic E-state index is -0.485. The van der Waals surface area contributed by atoms with Crippen molar-refractivity contribution in [2.75, 3.05) is 43.5 Å². The summed E-state index contributed by atoms with van der Waals surface area (Å²) in [6.07, 6.45) is -0.00896. The zero-order valence-electron chi connectivity index (χ0n) is 18.9. The van der Waals surface area contributed by atoms with Crippen LogP contribution >= 0.6 is 0 Å². The molecule has 1 fully saturated rings. The molecule has 1 aliphatic rings. The molecule has 0 aromatic heterocycles. The minimum Gasteiger partial charge on any atom is -0.491 e. The maximum atomic E-state index is 13.0. The summed E-state index contributed by atoms with van der Waals surface area (Å²) >= 11 is 0. The number of hydrogen-bond acceptors (Lipinski definition) is 6. The van der Waals surface area contributed by atoms with Gasteiger partial charge in [-0.05, 0) is 50.2 Å². The molecule has 2 aromatic carbocycles. The second-order valence-corrected chi connectivity index (χ2v) is 7.87. The molecule has 170 valence electrons. The van der Waals surface area contributed by atoms with E-state index in [2.05, 4.69) is 10.2 Å². The molecule has 32 heavy (non-hydrogen) atoms. The molecule has 0 saturated carbocycles. The van der Waals surface area contributed by atoms with Crippen LogP contribution in [-0.2, 0) is 9.53 Å². The van der Waals surface area contributed by atoms with Crippen LogP contribution < -0.4 is 15.0 Å². The van der Waals surface area contributed by atoms with Crippen molar-refractivity contribution in [3.8, 4) is 5.75 Å². The Bertz CT molecular complexity index is 997. The van der Waals surface area contributed by atoms with Gasteiger partial charge in [-0.3, -0.25) is 9.59 Å². The summed E-state index contributed by atoms with van der Waals surface area (Å²) in [6.45, 7) is 7.83. The van der Waals surface area contributed by atoms with Crippen molar-refractivity contribution in [2.45, 2.75) is 26.9 Å². The Hall–Kier alpha value is -3.55. The first-order valence-corrected chi connectivity index (χ1v) is 10.6. The number of nitrogens with zero attached hydrogens (tertiary/aromatic N) is 2. The molecule has 2 amide bonds. The van der Waals surface area contributed by atoms with Gasteiger partial charge >= 0.3 is 5.97 Å². The van der Waals surface area contributed by atoms with Gasteiger partial charge in [0, 0.05) is 38.7 Å². The predicted octanol–water partition coefficient (Wildman–Crippen LogP) is 3.18. The maximum absolute atomic E-state index is 13.0. The van der Waals surface area contributed by atoms with Gasteiger partial charge in [-0.2, -0.15) is 0 Å². The monoisotopic (exact) mass is 439 g/mol. The van der Waals surface area contributed by atoms with Crippen LogP contribution in [0, 0.1) is 0 Å². The summed E-state index contributed by atoms with van der Waals surface area (Å²) in [5, 5.41) is 2.93. The van der Waals surface area contributed by atoms with Crippen molar-refractivity contribution in [1.82, 2.24) is 4.90 Å². The number of carbonyl (C=O) groups is 3. The van der Waals surface area contributed by atoms with E-state index in [0.29, 0.717) is 48.7 Å². The molecule has 1 N–H and O–H groups in total. The number of esters is 1. The van der Waals surface area contributed by atoms with Crippen LogP contribution in [0.25, 0.3) is 0 Å². The number of amides is 2. The first-order chi connectivity index (χ1) is 15.3. The number of benzene rings is 2. The zero-order chi connectivity index (χ0) is 23.3. The van der Waals surface area contributed by atoms with Crippen molar-refractivity contribution in [2.24, 2.45) is 0 Å². The van der Waals surface area contributed by atoms with Crippen molar-refractivity contribution < 1.29 is 23.9 Å². The first-order valence-electron chi connectivity index (χ1n) is 10.6. The zero-order valence-corrected chi connectivity index (χ0v) is 18.9. The molecule has 1 heterocycles. The number of carbonyl (C=O) groups excluding carboxylic acids is 3. The smallest absolute Gasteiger partial charge is 0.337 e. The van der Waals surface area contributed by atoms with E-state index in [-0.39, 0.29) is 17.9 Å². The standard InChI is InChI=1S/C24H29N3O5/c1-16(2)32-20-7-5-6-18(14-20)23(29)25-21-15-19(24(30)31-4)8-9-22(21)27-12-10-26(11-13-27)17(3)28/h5-9,14-16H,10-13H2,1-4H3,(H,25,29). The average molecular weight is 440 g/mol. The Morgan fingerprint density at radius 1 is 0.969 bits per heavy atom. The van der Waals surface area contributed by atoms with Crippen LogP contribution in [0.4, 0.5) is 11.4 Å². The fourth-order valence-corrected chi connectivity index (χ4v) is 3.60. The normalized spacial score (nSPS) is 13.7. The topological polar surface area (TPSA) is 88.2 Å². The van der Waals surface area contributed by atoms with E-state index in [1.165, 1.54) is 7.11 Å². The largest absolute Gasteiger partial charge is 0.491 e. The van der Waals surface area contributed by atoms with Crippen LogP contribution in [0.5, 0.6) is 5.75 Å². The van der Waals surface area contributed by atoms with Crippen molar-refractivity contribution in [1.29, 1.82) is 0 Å². The van der Waals surface area contributed by atoms with Gasteiger partial charge in [-0.25, -0.2) is 4.79 Å². The molecule has 0 bridgehead atoms. The number of hydrogen-bond donors (Lipinski definition) is 1. The summed E-state index contributed by atoms with van der Waals surface area (Å²) in [7, 11) is 1.32. The third-order valence-corrected chi connectivity index (χ3v) is 5.20. The highest BCUT2D eigenvalue weighted by Crippen LogP contribution is 2.29. The maximum Gasteiger partial charge on any atom is 0.337 e. The lowest BCUT2D eigenvalue weighted by Crippen LogP contribution is -2.48. The number of ether oxygens (including phenoxy) is 2. The molecule has 8 nitrogen and oxygen atoms in total. The molecular formula is C24H29N3O5. The van der Waals surface area contributed by atoms with E-state index in [9.17, 15) is 14.4 Å². The Balaban J connectivity index is 1.87. The number of rotatable bonds is 6. The summed E-state index contributed by atoms with van der Waals surface area (Å²) < 4.78 is 10.5. The summed E-state index contributed by atoms with van der Waals surface area (Å²) in [5.74, 6) is -0.148. The van der Waals surface area contributed by atoms with Gasteiger partial charge in [0.25, 0.3) is 5.91 Å². The van der Waals surface area contributed by atoms with Crippen LogP contribution in [0.15, 0.2) is 42.5 Å². The van der Waals surface area contributed by atoms with Gasteiger partial charge in [0.2, 0.25) is 5.91 Å². The fraction of sp³-hybridized carbons (Fsp3) is 0.375. The van der Waals surface area contributed by atoms with E-state index >= 15 is 0 Å².